The normalized spacial score (nSPS) is 30.9. The maximum atomic E-state index is 5.94. The third-order valence-corrected chi connectivity index (χ3v) is 4.37. The molecule has 1 saturated carbocycles. The van der Waals surface area contributed by atoms with Crippen LogP contribution < -0.4 is 5.73 Å². The fourth-order valence-electron chi connectivity index (χ4n) is 2.82. The number of hydrogen-bond donors (Lipinski definition) is 1. The van der Waals surface area contributed by atoms with Crippen LogP contribution in [0.2, 0.25) is 0 Å². The highest BCUT2D eigenvalue weighted by molar-refractivity contribution is 4.88. The fraction of sp³-hybridized carbons (Fsp3) is 1.00. The molecular formula is C13H26N2O. The maximum absolute atomic E-state index is 5.94. The Morgan fingerprint density at radius 2 is 2.25 bits per heavy atom. The van der Waals surface area contributed by atoms with E-state index in [2.05, 4.69) is 11.8 Å². The molecule has 3 heteroatoms. The second kappa shape index (κ2) is 5.48. The Hall–Kier alpha value is -0.120. The van der Waals surface area contributed by atoms with E-state index in [0.717, 1.165) is 45.2 Å². The van der Waals surface area contributed by atoms with Crippen molar-refractivity contribution in [2.45, 2.75) is 32.6 Å². The van der Waals surface area contributed by atoms with Gasteiger partial charge in [-0.2, -0.15) is 0 Å². The summed E-state index contributed by atoms with van der Waals surface area (Å²) in [7, 11) is 0. The summed E-state index contributed by atoms with van der Waals surface area (Å²) in [5.74, 6) is 0.956. The summed E-state index contributed by atoms with van der Waals surface area (Å²) >= 11 is 0. The van der Waals surface area contributed by atoms with Gasteiger partial charge < -0.3 is 15.4 Å². The molecule has 94 valence electrons. The largest absolute Gasteiger partial charge is 0.381 e. The van der Waals surface area contributed by atoms with Crippen LogP contribution in [0.5, 0.6) is 0 Å². The van der Waals surface area contributed by atoms with Gasteiger partial charge in [0.05, 0.1) is 6.61 Å². The van der Waals surface area contributed by atoms with Crippen molar-refractivity contribution in [3.63, 3.8) is 0 Å². The monoisotopic (exact) mass is 226 g/mol. The molecule has 1 saturated heterocycles. The van der Waals surface area contributed by atoms with Gasteiger partial charge in [-0.25, -0.2) is 0 Å². The topological polar surface area (TPSA) is 38.5 Å². The predicted octanol–water partition coefficient (Wildman–Crippen LogP) is 1.47. The second-order valence-electron chi connectivity index (χ2n) is 5.63. The molecule has 16 heavy (non-hydrogen) atoms. The van der Waals surface area contributed by atoms with Crippen molar-refractivity contribution in [2.24, 2.45) is 17.1 Å². The summed E-state index contributed by atoms with van der Waals surface area (Å²) in [6.07, 6.45) is 5.45. The lowest BCUT2D eigenvalue weighted by atomic mass is 9.83. The first-order valence-corrected chi connectivity index (χ1v) is 6.78. The van der Waals surface area contributed by atoms with Crippen LogP contribution in [0.25, 0.3) is 0 Å². The molecule has 0 amide bonds. The van der Waals surface area contributed by atoms with Gasteiger partial charge >= 0.3 is 0 Å². The number of nitrogens with zero attached hydrogens (tertiary/aromatic N) is 1. The van der Waals surface area contributed by atoms with E-state index in [1.54, 1.807) is 0 Å². The highest BCUT2D eigenvalue weighted by Crippen LogP contribution is 2.31. The number of hydrogen-bond acceptors (Lipinski definition) is 3. The third kappa shape index (κ3) is 2.76. The molecule has 1 aliphatic heterocycles. The summed E-state index contributed by atoms with van der Waals surface area (Å²) in [5, 5.41) is 0. The van der Waals surface area contributed by atoms with Crippen molar-refractivity contribution < 1.29 is 4.74 Å². The van der Waals surface area contributed by atoms with Gasteiger partial charge in [-0.3, -0.25) is 0 Å². The first-order valence-electron chi connectivity index (χ1n) is 6.78. The van der Waals surface area contributed by atoms with E-state index in [1.807, 2.05) is 0 Å². The number of rotatable bonds is 6. The quantitative estimate of drug-likeness (QED) is 0.745. The van der Waals surface area contributed by atoms with E-state index < -0.39 is 0 Å². The van der Waals surface area contributed by atoms with Crippen molar-refractivity contribution in [1.82, 2.24) is 4.90 Å². The highest BCUT2D eigenvalue weighted by atomic mass is 16.5. The van der Waals surface area contributed by atoms with Crippen LogP contribution in [0.1, 0.15) is 32.6 Å². The van der Waals surface area contributed by atoms with Crippen molar-refractivity contribution in [3.8, 4) is 0 Å². The summed E-state index contributed by atoms with van der Waals surface area (Å²) in [4.78, 5) is 2.59. The van der Waals surface area contributed by atoms with Crippen LogP contribution in [0.15, 0.2) is 0 Å². The SMILES string of the molecule is CCN(CC1CCC1)CC1(CN)CCOC1. The van der Waals surface area contributed by atoms with Crippen LogP contribution in [-0.2, 0) is 4.74 Å². The minimum absolute atomic E-state index is 0.250. The molecule has 0 aromatic rings. The van der Waals surface area contributed by atoms with Gasteiger partial charge in [0.2, 0.25) is 0 Å². The average Bonchev–Trinajstić information content (AvgIpc) is 2.71. The van der Waals surface area contributed by atoms with Gasteiger partial charge in [-0.05, 0) is 31.7 Å². The lowest BCUT2D eigenvalue weighted by molar-refractivity contribution is 0.0970. The minimum atomic E-state index is 0.250. The van der Waals surface area contributed by atoms with E-state index in [0.29, 0.717) is 0 Å². The van der Waals surface area contributed by atoms with E-state index in [-0.39, 0.29) is 5.41 Å². The Morgan fingerprint density at radius 3 is 2.69 bits per heavy atom. The lowest BCUT2D eigenvalue weighted by Gasteiger charge is -2.37. The first-order chi connectivity index (χ1) is 7.78. The first kappa shape index (κ1) is 12.3. The molecule has 1 unspecified atom stereocenters. The van der Waals surface area contributed by atoms with Gasteiger partial charge in [0.25, 0.3) is 0 Å². The van der Waals surface area contributed by atoms with E-state index in [1.165, 1.54) is 25.8 Å². The lowest BCUT2D eigenvalue weighted by Crippen LogP contribution is -2.45. The molecule has 1 atom stereocenters. The molecule has 0 aromatic heterocycles. The highest BCUT2D eigenvalue weighted by Gasteiger charge is 2.35. The standard InChI is InChI=1S/C13H26N2O/c1-2-15(8-12-4-3-5-12)10-13(9-14)6-7-16-11-13/h12H,2-11,14H2,1H3. The Bertz CT molecular complexity index is 210. The third-order valence-electron chi connectivity index (χ3n) is 4.37. The van der Waals surface area contributed by atoms with E-state index >= 15 is 0 Å². The summed E-state index contributed by atoms with van der Waals surface area (Å²) in [6.45, 7) is 8.36. The zero-order chi connectivity index (χ0) is 11.4. The molecule has 0 spiro atoms. The summed E-state index contributed by atoms with van der Waals surface area (Å²) in [5.41, 5.74) is 6.19. The average molecular weight is 226 g/mol. The molecule has 0 aromatic carbocycles. The molecule has 2 aliphatic rings. The zero-order valence-corrected chi connectivity index (χ0v) is 10.6. The van der Waals surface area contributed by atoms with Crippen molar-refractivity contribution in [1.29, 1.82) is 0 Å². The second-order valence-corrected chi connectivity index (χ2v) is 5.63. The molecular weight excluding hydrogens is 200 g/mol. The Kier molecular flexibility index (Phi) is 4.22. The molecule has 2 N–H and O–H groups in total. The van der Waals surface area contributed by atoms with Crippen LogP contribution in [0, 0.1) is 11.3 Å². The van der Waals surface area contributed by atoms with Crippen molar-refractivity contribution in [3.05, 3.63) is 0 Å². The predicted molar refractivity (Wildman–Crippen MR) is 66.4 cm³/mol. The summed E-state index contributed by atoms with van der Waals surface area (Å²) in [6, 6.07) is 0. The van der Waals surface area contributed by atoms with Crippen LogP contribution in [-0.4, -0.2) is 44.3 Å². The van der Waals surface area contributed by atoms with Gasteiger partial charge in [-0.1, -0.05) is 13.3 Å². The number of ether oxygens (including phenoxy) is 1. The molecule has 2 fully saturated rings. The minimum Gasteiger partial charge on any atom is -0.381 e. The fourth-order valence-corrected chi connectivity index (χ4v) is 2.82. The Balaban J connectivity index is 1.83. The van der Waals surface area contributed by atoms with Crippen molar-refractivity contribution in [2.75, 3.05) is 39.4 Å². The van der Waals surface area contributed by atoms with Crippen LogP contribution >= 0.6 is 0 Å². The zero-order valence-electron chi connectivity index (χ0n) is 10.6. The van der Waals surface area contributed by atoms with Gasteiger partial charge in [0.15, 0.2) is 0 Å². The molecule has 1 heterocycles. The molecule has 0 bridgehead atoms. The van der Waals surface area contributed by atoms with Crippen molar-refractivity contribution >= 4 is 0 Å². The van der Waals surface area contributed by atoms with E-state index in [4.69, 9.17) is 10.5 Å². The van der Waals surface area contributed by atoms with Gasteiger partial charge in [-0.15, -0.1) is 0 Å². The molecule has 1 aliphatic carbocycles. The van der Waals surface area contributed by atoms with E-state index in [9.17, 15) is 0 Å². The van der Waals surface area contributed by atoms with Gasteiger partial charge in [0, 0.05) is 31.7 Å². The number of nitrogens with two attached hydrogens (primary N) is 1. The molecule has 2 rings (SSSR count). The Labute approximate surface area is 99.3 Å². The Morgan fingerprint density at radius 1 is 1.44 bits per heavy atom. The van der Waals surface area contributed by atoms with Crippen LogP contribution in [0.3, 0.4) is 0 Å². The maximum Gasteiger partial charge on any atom is 0.0547 e. The summed E-state index contributed by atoms with van der Waals surface area (Å²) < 4.78 is 5.54. The van der Waals surface area contributed by atoms with Gasteiger partial charge in [0.1, 0.15) is 0 Å². The molecule has 3 nitrogen and oxygen atoms in total. The molecule has 0 radical (unpaired) electrons. The smallest absolute Gasteiger partial charge is 0.0547 e. The van der Waals surface area contributed by atoms with Crippen LogP contribution in [0.4, 0.5) is 0 Å².